The van der Waals surface area contributed by atoms with Crippen LogP contribution in [0.5, 0.6) is 0 Å². The summed E-state index contributed by atoms with van der Waals surface area (Å²) in [5.74, 6) is 0.565. The van der Waals surface area contributed by atoms with Gasteiger partial charge < -0.3 is 14.6 Å². The van der Waals surface area contributed by atoms with Gasteiger partial charge in [-0.1, -0.05) is 0 Å². The van der Waals surface area contributed by atoms with Gasteiger partial charge in [0, 0.05) is 18.6 Å². The molecule has 2 aliphatic heterocycles. The first-order chi connectivity index (χ1) is 9.15. The maximum atomic E-state index is 12.0. The fourth-order valence-electron chi connectivity index (χ4n) is 3.48. The molecule has 1 amide bonds. The molecular formula is C14H19BrN2O2. The molecule has 0 radical (unpaired) electrons. The van der Waals surface area contributed by atoms with Crippen molar-refractivity contribution in [1.29, 1.82) is 0 Å². The summed E-state index contributed by atoms with van der Waals surface area (Å²) < 4.78 is 5.59. The Hall–Kier alpha value is -0.810. The Bertz CT molecular complexity index is 460. The number of hydrogen-bond donors (Lipinski definition) is 1. The molecule has 2 saturated heterocycles. The lowest BCUT2D eigenvalue weighted by atomic mass is 9.91. The number of amides is 1. The lowest BCUT2D eigenvalue weighted by Crippen LogP contribution is -2.43. The van der Waals surface area contributed by atoms with Gasteiger partial charge in [-0.25, -0.2) is 0 Å². The van der Waals surface area contributed by atoms with Gasteiger partial charge in [-0.05, 0) is 60.6 Å². The number of piperidine rings is 1. The summed E-state index contributed by atoms with van der Waals surface area (Å²) >= 11 is 3.24. The molecule has 0 spiro atoms. The number of halogens is 1. The third kappa shape index (κ3) is 2.58. The van der Waals surface area contributed by atoms with Crippen molar-refractivity contribution in [2.24, 2.45) is 5.92 Å². The Kier molecular flexibility index (Phi) is 3.67. The van der Waals surface area contributed by atoms with Crippen LogP contribution in [0.4, 0.5) is 0 Å². The Labute approximate surface area is 121 Å². The molecule has 3 heterocycles. The third-order valence-electron chi connectivity index (χ3n) is 4.61. The molecule has 4 nitrogen and oxygen atoms in total. The molecule has 1 N–H and O–H groups in total. The van der Waals surface area contributed by atoms with Crippen molar-refractivity contribution >= 4 is 21.8 Å². The molecule has 2 aliphatic rings. The van der Waals surface area contributed by atoms with Gasteiger partial charge in [0.25, 0.3) is 5.91 Å². The van der Waals surface area contributed by atoms with Crippen molar-refractivity contribution in [2.75, 3.05) is 13.6 Å². The van der Waals surface area contributed by atoms with Crippen LogP contribution >= 0.6 is 15.9 Å². The zero-order chi connectivity index (χ0) is 13.4. The molecule has 0 aromatic carbocycles. The zero-order valence-corrected chi connectivity index (χ0v) is 12.6. The molecule has 104 valence electrons. The van der Waals surface area contributed by atoms with E-state index in [0.717, 1.165) is 18.6 Å². The van der Waals surface area contributed by atoms with E-state index in [-0.39, 0.29) is 5.91 Å². The van der Waals surface area contributed by atoms with Crippen LogP contribution in [-0.2, 0) is 0 Å². The van der Waals surface area contributed by atoms with Crippen LogP contribution in [0, 0.1) is 5.92 Å². The van der Waals surface area contributed by atoms with E-state index < -0.39 is 0 Å². The second-order valence-corrected chi connectivity index (χ2v) is 6.43. The van der Waals surface area contributed by atoms with E-state index in [2.05, 4.69) is 33.2 Å². The summed E-state index contributed by atoms with van der Waals surface area (Å²) in [6, 6.07) is 3.14. The van der Waals surface area contributed by atoms with Crippen LogP contribution < -0.4 is 5.32 Å². The van der Waals surface area contributed by atoms with Gasteiger partial charge in [-0.3, -0.25) is 4.79 Å². The molecule has 5 heteroatoms. The van der Waals surface area contributed by atoms with Crippen molar-refractivity contribution < 1.29 is 9.21 Å². The Balaban J connectivity index is 1.54. The van der Waals surface area contributed by atoms with Gasteiger partial charge in [0.15, 0.2) is 4.67 Å². The van der Waals surface area contributed by atoms with Gasteiger partial charge in [0.2, 0.25) is 0 Å². The number of rotatable bonds is 3. The number of nitrogens with zero attached hydrogens (tertiary/aromatic N) is 1. The molecule has 1 aromatic heterocycles. The van der Waals surface area contributed by atoms with Crippen LogP contribution in [0.25, 0.3) is 0 Å². The van der Waals surface area contributed by atoms with Gasteiger partial charge in [0.1, 0.15) is 0 Å². The lowest BCUT2D eigenvalue weighted by molar-refractivity contribution is 0.0916. The number of fused-ring (bicyclic) bond motifs is 2. The predicted octanol–water partition coefficient (Wildman–Crippen LogP) is 2.64. The Morgan fingerprint density at radius 1 is 1.47 bits per heavy atom. The van der Waals surface area contributed by atoms with Gasteiger partial charge >= 0.3 is 0 Å². The highest BCUT2D eigenvalue weighted by Gasteiger charge is 2.38. The molecule has 2 bridgehead atoms. The number of furan rings is 1. The number of carbonyl (C=O) groups is 1. The Morgan fingerprint density at radius 2 is 2.16 bits per heavy atom. The average Bonchev–Trinajstić information content (AvgIpc) is 2.87. The summed E-state index contributed by atoms with van der Waals surface area (Å²) in [5, 5.41) is 3.03. The summed E-state index contributed by atoms with van der Waals surface area (Å²) in [4.78, 5) is 14.5. The zero-order valence-electron chi connectivity index (χ0n) is 11.1. The summed E-state index contributed by atoms with van der Waals surface area (Å²) in [6.45, 7) is 0.775. The predicted molar refractivity (Wildman–Crippen MR) is 76.0 cm³/mol. The molecule has 0 saturated carbocycles. The highest BCUT2D eigenvalue weighted by Crippen LogP contribution is 2.37. The first-order valence-corrected chi connectivity index (χ1v) is 7.67. The van der Waals surface area contributed by atoms with Crippen LogP contribution in [0.15, 0.2) is 21.4 Å². The fourth-order valence-corrected chi connectivity index (χ4v) is 3.90. The van der Waals surface area contributed by atoms with E-state index >= 15 is 0 Å². The smallest absolute Gasteiger partial charge is 0.255 e. The van der Waals surface area contributed by atoms with Gasteiger partial charge in [-0.15, -0.1) is 0 Å². The Morgan fingerprint density at radius 3 is 2.74 bits per heavy atom. The minimum absolute atomic E-state index is 0.0492. The second-order valence-electron chi connectivity index (χ2n) is 5.71. The van der Waals surface area contributed by atoms with E-state index in [1.165, 1.54) is 31.9 Å². The topological polar surface area (TPSA) is 45.5 Å². The van der Waals surface area contributed by atoms with Crippen LogP contribution in [0.2, 0.25) is 0 Å². The maximum absolute atomic E-state index is 12.0. The molecule has 19 heavy (non-hydrogen) atoms. The van der Waals surface area contributed by atoms with E-state index in [9.17, 15) is 4.79 Å². The summed E-state index contributed by atoms with van der Waals surface area (Å²) in [5.41, 5.74) is 0.580. The normalized spacial score (nSPS) is 30.5. The molecular weight excluding hydrogens is 308 g/mol. The second kappa shape index (κ2) is 5.29. The number of nitrogens with one attached hydrogen (secondary N) is 1. The number of hydrogen-bond acceptors (Lipinski definition) is 3. The van der Waals surface area contributed by atoms with E-state index in [1.807, 2.05) is 0 Å². The standard InChI is InChI=1S/C14H19BrN2O2/c1-17-10-2-3-11(17)7-9(6-10)8-16-14(18)12-4-5-19-13(12)15/h4-5,9-11H,2-3,6-8H2,1H3,(H,16,18). The first-order valence-electron chi connectivity index (χ1n) is 6.88. The molecule has 2 atom stereocenters. The van der Waals surface area contributed by atoms with E-state index in [0.29, 0.717) is 16.2 Å². The monoisotopic (exact) mass is 326 g/mol. The van der Waals surface area contributed by atoms with E-state index in [4.69, 9.17) is 4.42 Å². The van der Waals surface area contributed by atoms with Gasteiger partial charge in [0.05, 0.1) is 11.8 Å². The molecule has 3 rings (SSSR count). The van der Waals surface area contributed by atoms with Crippen molar-refractivity contribution in [3.05, 3.63) is 22.6 Å². The largest absolute Gasteiger partial charge is 0.457 e. The summed E-state index contributed by atoms with van der Waals surface area (Å²) in [6.07, 6.45) is 6.58. The van der Waals surface area contributed by atoms with Crippen molar-refractivity contribution in [1.82, 2.24) is 10.2 Å². The highest BCUT2D eigenvalue weighted by molar-refractivity contribution is 9.10. The SMILES string of the molecule is CN1C2CCC1CC(CNC(=O)c1ccoc1Br)C2. The van der Waals surface area contributed by atoms with Gasteiger partial charge in [-0.2, -0.15) is 0 Å². The van der Waals surface area contributed by atoms with Crippen molar-refractivity contribution in [2.45, 2.75) is 37.8 Å². The first kappa shape index (κ1) is 13.2. The quantitative estimate of drug-likeness (QED) is 0.928. The maximum Gasteiger partial charge on any atom is 0.255 e. The van der Waals surface area contributed by atoms with Crippen molar-refractivity contribution in [3.63, 3.8) is 0 Å². The molecule has 2 fully saturated rings. The minimum Gasteiger partial charge on any atom is -0.457 e. The lowest BCUT2D eigenvalue weighted by Gasteiger charge is -2.36. The van der Waals surface area contributed by atoms with Crippen LogP contribution in [-0.4, -0.2) is 36.5 Å². The molecule has 0 aliphatic carbocycles. The number of carbonyl (C=O) groups excluding carboxylic acids is 1. The molecule has 1 aromatic rings. The van der Waals surface area contributed by atoms with Crippen LogP contribution in [0.3, 0.4) is 0 Å². The highest BCUT2D eigenvalue weighted by atomic mass is 79.9. The fraction of sp³-hybridized carbons (Fsp3) is 0.643. The molecule has 2 unspecified atom stereocenters. The van der Waals surface area contributed by atoms with E-state index in [1.54, 1.807) is 6.07 Å². The minimum atomic E-state index is -0.0492. The third-order valence-corrected chi connectivity index (χ3v) is 5.22. The summed E-state index contributed by atoms with van der Waals surface area (Å²) in [7, 11) is 2.24. The van der Waals surface area contributed by atoms with Crippen molar-refractivity contribution in [3.8, 4) is 0 Å². The average molecular weight is 327 g/mol. The van der Waals surface area contributed by atoms with Crippen LogP contribution in [0.1, 0.15) is 36.0 Å².